The number of carboxylic acids is 1. The number of aromatic nitrogens is 1. The van der Waals surface area contributed by atoms with E-state index < -0.39 is 5.97 Å². The zero-order valence-electron chi connectivity index (χ0n) is 12.6. The van der Waals surface area contributed by atoms with Crippen molar-refractivity contribution < 1.29 is 9.90 Å². The van der Waals surface area contributed by atoms with Crippen LogP contribution < -0.4 is 0 Å². The van der Waals surface area contributed by atoms with Crippen molar-refractivity contribution in [3.63, 3.8) is 0 Å². The smallest absolute Gasteiger partial charge is 0.335 e. The average molecular weight is 315 g/mol. The van der Waals surface area contributed by atoms with Gasteiger partial charge in [0.25, 0.3) is 0 Å². The van der Waals surface area contributed by atoms with E-state index in [1.807, 2.05) is 29.0 Å². The molecule has 5 heteroatoms. The number of benzene rings is 2. The second-order valence-corrected chi connectivity index (χ2v) is 5.08. The Hall–Kier alpha value is -3.65. The summed E-state index contributed by atoms with van der Waals surface area (Å²) in [6.07, 6.45) is 3.55. The number of aliphatic imine (C=N–C) groups is 1. The minimum Gasteiger partial charge on any atom is -0.478 e. The highest BCUT2D eigenvalue weighted by molar-refractivity contribution is 5.88. The Labute approximate surface area is 138 Å². The molecule has 0 aliphatic rings. The number of aromatic carboxylic acids is 1. The van der Waals surface area contributed by atoms with Gasteiger partial charge in [-0.3, -0.25) is 4.99 Å². The van der Waals surface area contributed by atoms with E-state index in [0.717, 1.165) is 17.1 Å². The van der Waals surface area contributed by atoms with Gasteiger partial charge in [-0.15, -0.1) is 0 Å². The third kappa shape index (κ3) is 3.23. The molecule has 2 aromatic carbocycles. The number of hydrogen-bond acceptors (Lipinski definition) is 3. The minimum absolute atomic E-state index is 0.233. The molecule has 5 nitrogen and oxygen atoms in total. The molecule has 0 aliphatic carbocycles. The summed E-state index contributed by atoms with van der Waals surface area (Å²) in [5.74, 6) is -0.961. The van der Waals surface area contributed by atoms with Crippen molar-refractivity contribution in [2.24, 2.45) is 4.99 Å². The lowest BCUT2D eigenvalue weighted by Gasteiger charge is -2.07. The van der Waals surface area contributed by atoms with Crippen molar-refractivity contribution in [3.8, 4) is 11.8 Å². The zero-order chi connectivity index (χ0) is 16.9. The van der Waals surface area contributed by atoms with Crippen LogP contribution in [0.1, 0.15) is 21.6 Å². The van der Waals surface area contributed by atoms with Crippen LogP contribution in [-0.4, -0.2) is 21.9 Å². The molecule has 1 N–H and O–H groups in total. The molecule has 116 valence electrons. The van der Waals surface area contributed by atoms with Crippen LogP contribution >= 0.6 is 0 Å². The van der Waals surface area contributed by atoms with E-state index >= 15 is 0 Å². The molecule has 1 heterocycles. The third-order valence-electron chi connectivity index (χ3n) is 3.49. The molecule has 3 aromatic rings. The summed E-state index contributed by atoms with van der Waals surface area (Å²) in [6, 6.07) is 19.5. The molecule has 0 saturated carbocycles. The summed E-state index contributed by atoms with van der Waals surface area (Å²) in [4.78, 5) is 15.5. The molecule has 3 rings (SSSR count). The van der Waals surface area contributed by atoms with E-state index in [2.05, 4.69) is 11.1 Å². The van der Waals surface area contributed by atoms with Gasteiger partial charge in [0.1, 0.15) is 0 Å². The van der Waals surface area contributed by atoms with Crippen molar-refractivity contribution in [2.45, 2.75) is 0 Å². The molecule has 0 aliphatic heterocycles. The molecule has 0 radical (unpaired) electrons. The van der Waals surface area contributed by atoms with E-state index in [0.29, 0.717) is 5.56 Å². The number of carboxylic acid groups (broad SMARTS) is 1. The Balaban J connectivity index is 1.90. The van der Waals surface area contributed by atoms with Gasteiger partial charge < -0.3 is 9.67 Å². The van der Waals surface area contributed by atoms with Gasteiger partial charge in [0.2, 0.25) is 0 Å². The van der Waals surface area contributed by atoms with E-state index in [4.69, 9.17) is 10.4 Å². The molecule has 0 bridgehead atoms. The summed E-state index contributed by atoms with van der Waals surface area (Å²) in [6.45, 7) is 0. The SMILES string of the molecule is N#Cc1ccc(N=Cc2cccn2-c2cccc(C(=O)O)c2)cc1. The van der Waals surface area contributed by atoms with Gasteiger partial charge in [-0.2, -0.15) is 5.26 Å². The van der Waals surface area contributed by atoms with E-state index in [1.54, 1.807) is 48.7 Å². The monoisotopic (exact) mass is 315 g/mol. The highest BCUT2D eigenvalue weighted by Gasteiger charge is 2.06. The van der Waals surface area contributed by atoms with Gasteiger partial charge in [-0.1, -0.05) is 6.07 Å². The van der Waals surface area contributed by atoms with Gasteiger partial charge in [-0.25, -0.2) is 4.79 Å². The van der Waals surface area contributed by atoms with E-state index in [9.17, 15) is 4.79 Å². The molecular formula is C19H13N3O2. The first-order valence-electron chi connectivity index (χ1n) is 7.23. The summed E-state index contributed by atoms with van der Waals surface area (Å²) in [5, 5.41) is 17.9. The van der Waals surface area contributed by atoms with Crippen LogP contribution in [-0.2, 0) is 0 Å². The Morgan fingerprint density at radius 3 is 2.62 bits per heavy atom. The molecule has 0 unspecified atom stereocenters. The Morgan fingerprint density at radius 1 is 1.12 bits per heavy atom. The molecule has 24 heavy (non-hydrogen) atoms. The first-order valence-corrected chi connectivity index (χ1v) is 7.23. The Bertz CT molecular complexity index is 947. The minimum atomic E-state index is -0.961. The fraction of sp³-hybridized carbons (Fsp3) is 0. The van der Waals surface area contributed by atoms with Gasteiger partial charge in [0.15, 0.2) is 0 Å². The standard InChI is InChI=1S/C19H13N3O2/c20-12-14-6-8-16(9-7-14)21-13-18-5-2-10-22(18)17-4-1-3-15(11-17)19(23)24/h1-11,13H,(H,23,24). The summed E-state index contributed by atoms with van der Waals surface area (Å²) in [5.41, 5.74) is 3.13. The van der Waals surface area contributed by atoms with Crippen LogP contribution in [0.4, 0.5) is 5.69 Å². The highest BCUT2D eigenvalue weighted by Crippen LogP contribution is 2.16. The molecule has 0 saturated heterocycles. The number of nitrogens with zero attached hydrogens (tertiary/aromatic N) is 3. The molecule has 0 fully saturated rings. The second-order valence-electron chi connectivity index (χ2n) is 5.08. The zero-order valence-corrected chi connectivity index (χ0v) is 12.6. The van der Waals surface area contributed by atoms with Crippen LogP contribution in [0.25, 0.3) is 5.69 Å². The van der Waals surface area contributed by atoms with Gasteiger partial charge in [0.05, 0.1) is 34.8 Å². The lowest BCUT2D eigenvalue weighted by atomic mass is 10.2. The number of nitriles is 1. The molecule has 0 atom stereocenters. The largest absolute Gasteiger partial charge is 0.478 e. The van der Waals surface area contributed by atoms with Crippen LogP contribution in [0.5, 0.6) is 0 Å². The van der Waals surface area contributed by atoms with Crippen LogP contribution in [0.2, 0.25) is 0 Å². The van der Waals surface area contributed by atoms with Crippen LogP contribution in [0.3, 0.4) is 0 Å². The topological polar surface area (TPSA) is 78.4 Å². The second kappa shape index (κ2) is 6.63. The third-order valence-corrected chi connectivity index (χ3v) is 3.49. The maximum atomic E-state index is 11.1. The summed E-state index contributed by atoms with van der Waals surface area (Å²) >= 11 is 0. The molecular weight excluding hydrogens is 302 g/mol. The van der Waals surface area contributed by atoms with Crippen molar-refractivity contribution in [1.29, 1.82) is 5.26 Å². The summed E-state index contributed by atoms with van der Waals surface area (Å²) < 4.78 is 1.86. The fourth-order valence-electron chi connectivity index (χ4n) is 2.29. The Morgan fingerprint density at radius 2 is 1.92 bits per heavy atom. The average Bonchev–Trinajstić information content (AvgIpc) is 3.09. The maximum absolute atomic E-state index is 11.1. The summed E-state index contributed by atoms with van der Waals surface area (Å²) in [7, 11) is 0. The normalized spacial score (nSPS) is 10.6. The molecule has 0 spiro atoms. The number of hydrogen-bond donors (Lipinski definition) is 1. The van der Waals surface area contributed by atoms with Crippen molar-refractivity contribution in [3.05, 3.63) is 83.7 Å². The number of rotatable bonds is 4. The van der Waals surface area contributed by atoms with Gasteiger partial charge in [0, 0.05) is 11.9 Å². The van der Waals surface area contributed by atoms with Crippen LogP contribution in [0, 0.1) is 11.3 Å². The first-order chi connectivity index (χ1) is 11.7. The van der Waals surface area contributed by atoms with Crippen molar-refractivity contribution >= 4 is 17.9 Å². The lowest BCUT2D eigenvalue weighted by Crippen LogP contribution is -2.01. The molecule has 0 amide bonds. The molecule has 1 aromatic heterocycles. The Kier molecular flexibility index (Phi) is 4.21. The predicted octanol–water partition coefficient (Wildman–Crippen LogP) is 3.80. The first kappa shape index (κ1) is 15.3. The predicted molar refractivity (Wildman–Crippen MR) is 91.1 cm³/mol. The van der Waals surface area contributed by atoms with Crippen molar-refractivity contribution in [1.82, 2.24) is 4.57 Å². The fourth-order valence-corrected chi connectivity index (χ4v) is 2.29. The van der Waals surface area contributed by atoms with E-state index in [-0.39, 0.29) is 5.56 Å². The van der Waals surface area contributed by atoms with Gasteiger partial charge in [-0.05, 0) is 54.6 Å². The highest BCUT2D eigenvalue weighted by atomic mass is 16.4. The maximum Gasteiger partial charge on any atom is 0.335 e. The lowest BCUT2D eigenvalue weighted by molar-refractivity contribution is 0.0697. The van der Waals surface area contributed by atoms with Gasteiger partial charge >= 0.3 is 5.97 Å². The van der Waals surface area contributed by atoms with E-state index in [1.165, 1.54) is 0 Å². The quantitative estimate of drug-likeness (QED) is 0.744. The van der Waals surface area contributed by atoms with Crippen molar-refractivity contribution in [2.75, 3.05) is 0 Å². The van der Waals surface area contributed by atoms with Crippen LogP contribution in [0.15, 0.2) is 71.9 Å². The number of carbonyl (C=O) groups is 1.